The van der Waals surface area contributed by atoms with Crippen LogP contribution in [0.15, 0.2) is 36.7 Å². The van der Waals surface area contributed by atoms with Crippen molar-refractivity contribution in [1.82, 2.24) is 14.9 Å². The first-order valence-corrected chi connectivity index (χ1v) is 10.1. The highest BCUT2D eigenvalue weighted by Crippen LogP contribution is 2.33. The summed E-state index contributed by atoms with van der Waals surface area (Å²) in [6.07, 6.45) is 6.97. The number of nitrogens with zero attached hydrogens (tertiary/aromatic N) is 3. The van der Waals surface area contributed by atoms with Crippen LogP contribution in [0.5, 0.6) is 11.6 Å². The van der Waals surface area contributed by atoms with Gasteiger partial charge < -0.3 is 14.4 Å². The maximum Gasteiger partial charge on any atom is 0.241 e. The highest BCUT2D eigenvalue weighted by atomic mass is 16.5. The van der Waals surface area contributed by atoms with Crippen LogP contribution in [-0.2, 0) is 9.53 Å². The van der Waals surface area contributed by atoms with E-state index in [1.807, 2.05) is 36.1 Å². The molecule has 1 unspecified atom stereocenters. The number of aromatic nitrogens is 2. The first kappa shape index (κ1) is 18.9. The normalized spacial score (nSPS) is 20.8. The van der Waals surface area contributed by atoms with Crippen molar-refractivity contribution in [2.75, 3.05) is 26.3 Å². The Labute approximate surface area is 165 Å². The van der Waals surface area contributed by atoms with Crippen molar-refractivity contribution in [3.05, 3.63) is 47.9 Å². The minimum atomic E-state index is 0.0950. The number of hydrogen-bond donors (Lipinski definition) is 0. The van der Waals surface area contributed by atoms with Gasteiger partial charge in [-0.05, 0) is 44.7 Å². The first-order valence-electron chi connectivity index (χ1n) is 10.1. The molecule has 6 nitrogen and oxygen atoms in total. The fourth-order valence-corrected chi connectivity index (χ4v) is 4.02. The van der Waals surface area contributed by atoms with E-state index in [4.69, 9.17) is 9.47 Å². The lowest BCUT2D eigenvalue weighted by atomic mass is 9.92. The van der Waals surface area contributed by atoms with E-state index in [0.717, 1.165) is 43.7 Å². The summed E-state index contributed by atoms with van der Waals surface area (Å²) in [7, 11) is 0. The third-order valence-electron chi connectivity index (χ3n) is 5.62. The highest BCUT2D eigenvalue weighted by Gasteiger charge is 2.32. The van der Waals surface area contributed by atoms with Crippen LogP contribution < -0.4 is 4.74 Å². The van der Waals surface area contributed by atoms with Crippen LogP contribution in [0.2, 0.25) is 0 Å². The van der Waals surface area contributed by atoms with Crippen LogP contribution >= 0.6 is 0 Å². The van der Waals surface area contributed by atoms with E-state index in [1.165, 1.54) is 5.56 Å². The summed E-state index contributed by atoms with van der Waals surface area (Å²) in [5.74, 6) is 1.79. The van der Waals surface area contributed by atoms with Crippen LogP contribution in [0.4, 0.5) is 0 Å². The third-order valence-corrected chi connectivity index (χ3v) is 5.62. The van der Waals surface area contributed by atoms with Crippen molar-refractivity contribution in [3.63, 3.8) is 0 Å². The third kappa shape index (κ3) is 4.33. The van der Waals surface area contributed by atoms with Gasteiger partial charge in [0.25, 0.3) is 0 Å². The molecule has 0 saturated carbocycles. The van der Waals surface area contributed by atoms with E-state index >= 15 is 0 Å². The molecule has 2 aliphatic rings. The first-order chi connectivity index (χ1) is 13.7. The topological polar surface area (TPSA) is 64.6 Å². The minimum absolute atomic E-state index is 0.0950. The van der Waals surface area contributed by atoms with Crippen molar-refractivity contribution >= 4 is 5.91 Å². The highest BCUT2D eigenvalue weighted by molar-refractivity contribution is 5.79. The van der Waals surface area contributed by atoms with Gasteiger partial charge in [-0.15, -0.1) is 0 Å². The van der Waals surface area contributed by atoms with Gasteiger partial charge in [0, 0.05) is 50.5 Å². The van der Waals surface area contributed by atoms with Gasteiger partial charge in [0.15, 0.2) is 0 Å². The number of likely N-dealkylation sites (tertiary alicyclic amines) is 1. The maximum atomic E-state index is 12.9. The number of carbonyl (C=O) groups excluding carboxylic acids is 1. The SMILES string of the molecule is Cc1ccc(Oc2nccnc2C2CCCN(C(=O)C3CCOCC3)C2)cc1. The number of aryl methyl sites for hydroxylation is 1. The maximum absolute atomic E-state index is 12.9. The van der Waals surface area contributed by atoms with Crippen molar-refractivity contribution in [2.45, 2.75) is 38.5 Å². The number of piperidine rings is 1. The fourth-order valence-electron chi connectivity index (χ4n) is 4.02. The number of rotatable bonds is 4. The molecule has 0 N–H and O–H groups in total. The summed E-state index contributed by atoms with van der Waals surface area (Å²) >= 11 is 0. The van der Waals surface area contributed by atoms with E-state index in [0.29, 0.717) is 25.6 Å². The van der Waals surface area contributed by atoms with E-state index in [9.17, 15) is 4.79 Å². The molecule has 1 atom stereocenters. The molecule has 2 fully saturated rings. The Balaban J connectivity index is 1.49. The molecule has 1 aromatic heterocycles. The summed E-state index contributed by atoms with van der Waals surface area (Å²) in [4.78, 5) is 24.0. The van der Waals surface area contributed by atoms with Gasteiger partial charge in [-0.1, -0.05) is 17.7 Å². The van der Waals surface area contributed by atoms with Gasteiger partial charge in [-0.3, -0.25) is 9.78 Å². The van der Waals surface area contributed by atoms with E-state index in [-0.39, 0.29) is 17.7 Å². The average molecular weight is 381 g/mol. The molecule has 0 aliphatic carbocycles. The van der Waals surface area contributed by atoms with Gasteiger partial charge in [-0.2, -0.15) is 0 Å². The van der Waals surface area contributed by atoms with E-state index in [1.54, 1.807) is 12.4 Å². The summed E-state index contributed by atoms with van der Waals surface area (Å²) in [5, 5.41) is 0. The van der Waals surface area contributed by atoms with E-state index < -0.39 is 0 Å². The summed E-state index contributed by atoms with van der Waals surface area (Å²) in [5.41, 5.74) is 2.02. The van der Waals surface area contributed by atoms with Crippen LogP contribution in [-0.4, -0.2) is 47.1 Å². The second-order valence-electron chi connectivity index (χ2n) is 7.67. The molecule has 148 valence electrons. The Morgan fingerprint density at radius 2 is 1.86 bits per heavy atom. The minimum Gasteiger partial charge on any atom is -0.437 e. The van der Waals surface area contributed by atoms with Gasteiger partial charge in [-0.25, -0.2) is 4.98 Å². The molecule has 0 spiro atoms. The standard InChI is InChI=1S/C22H27N3O3/c1-16-4-6-19(7-5-16)28-21-20(23-10-11-24-21)18-3-2-12-25(15-18)22(26)17-8-13-27-14-9-17/h4-7,10-11,17-18H,2-3,8-9,12-15H2,1H3. The molecular weight excluding hydrogens is 354 g/mol. The van der Waals surface area contributed by atoms with Crippen LogP contribution in [0, 0.1) is 12.8 Å². The lowest BCUT2D eigenvalue weighted by Crippen LogP contribution is -2.43. The molecule has 1 amide bonds. The van der Waals surface area contributed by atoms with Gasteiger partial charge in [0.2, 0.25) is 11.8 Å². The quantitative estimate of drug-likeness (QED) is 0.808. The van der Waals surface area contributed by atoms with Crippen LogP contribution in [0.25, 0.3) is 0 Å². The molecule has 3 heterocycles. The Morgan fingerprint density at radius 1 is 1.11 bits per heavy atom. The molecule has 28 heavy (non-hydrogen) atoms. The lowest BCUT2D eigenvalue weighted by molar-refractivity contribution is -0.139. The number of amides is 1. The van der Waals surface area contributed by atoms with Crippen molar-refractivity contribution in [1.29, 1.82) is 0 Å². The van der Waals surface area contributed by atoms with Crippen molar-refractivity contribution in [3.8, 4) is 11.6 Å². The van der Waals surface area contributed by atoms with E-state index in [2.05, 4.69) is 9.97 Å². The Kier molecular flexibility index (Phi) is 5.86. The molecule has 6 heteroatoms. The number of carbonyl (C=O) groups is 1. The summed E-state index contributed by atoms with van der Waals surface area (Å²) < 4.78 is 11.4. The zero-order valence-corrected chi connectivity index (χ0v) is 16.3. The number of ether oxygens (including phenoxy) is 2. The Morgan fingerprint density at radius 3 is 2.64 bits per heavy atom. The van der Waals surface area contributed by atoms with Gasteiger partial charge in [0.05, 0.1) is 0 Å². The summed E-state index contributed by atoms with van der Waals surface area (Å²) in [6, 6.07) is 7.91. The predicted molar refractivity (Wildman–Crippen MR) is 105 cm³/mol. The monoisotopic (exact) mass is 381 g/mol. The average Bonchev–Trinajstić information content (AvgIpc) is 2.76. The molecule has 1 aromatic carbocycles. The Hall–Kier alpha value is -2.47. The molecular formula is C22H27N3O3. The fraction of sp³-hybridized carbons (Fsp3) is 0.500. The van der Waals surface area contributed by atoms with Crippen molar-refractivity contribution < 1.29 is 14.3 Å². The smallest absolute Gasteiger partial charge is 0.241 e. The van der Waals surface area contributed by atoms with Gasteiger partial charge in [0.1, 0.15) is 11.4 Å². The van der Waals surface area contributed by atoms with Crippen LogP contribution in [0.3, 0.4) is 0 Å². The molecule has 4 rings (SSSR count). The predicted octanol–water partition coefficient (Wildman–Crippen LogP) is 3.71. The van der Waals surface area contributed by atoms with Gasteiger partial charge >= 0.3 is 0 Å². The largest absolute Gasteiger partial charge is 0.437 e. The summed E-state index contributed by atoms with van der Waals surface area (Å²) in [6.45, 7) is 4.92. The Bertz CT molecular complexity index is 803. The molecule has 0 radical (unpaired) electrons. The zero-order valence-electron chi connectivity index (χ0n) is 16.3. The lowest BCUT2D eigenvalue weighted by Gasteiger charge is -2.35. The molecule has 2 saturated heterocycles. The van der Waals surface area contributed by atoms with Crippen LogP contribution in [0.1, 0.15) is 42.9 Å². The second kappa shape index (κ2) is 8.69. The number of benzene rings is 1. The second-order valence-corrected chi connectivity index (χ2v) is 7.67. The number of hydrogen-bond acceptors (Lipinski definition) is 5. The zero-order chi connectivity index (χ0) is 19.3. The molecule has 2 aliphatic heterocycles. The molecule has 0 bridgehead atoms. The van der Waals surface area contributed by atoms with Crippen molar-refractivity contribution in [2.24, 2.45) is 5.92 Å². The molecule has 2 aromatic rings.